The summed E-state index contributed by atoms with van der Waals surface area (Å²) in [5.74, 6) is -1.02. The molecule has 3 rings (SSSR count). The van der Waals surface area contributed by atoms with Crippen LogP contribution in [0.1, 0.15) is 10.4 Å². The number of pyridine rings is 3. The van der Waals surface area contributed by atoms with Gasteiger partial charge in [-0.1, -0.05) is 6.07 Å². The molecular weight excluding hydrogens is 367 g/mol. The maximum atomic E-state index is 11.4. The average Bonchev–Trinajstić information content (AvgIpc) is 2.55. The molecule has 0 aliphatic heterocycles. The third-order valence-corrected chi connectivity index (χ3v) is 3.01. The monoisotopic (exact) mass is 379 g/mol. The number of rotatable bonds is 3. The summed E-state index contributed by atoms with van der Waals surface area (Å²) < 4.78 is 0. The van der Waals surface area contributed by atoms with Gasteiger partial charge in [0.05, 0.1) is 22.6 Å². The Kier molecular flexibility index (Phi) is 5.07. The number of carbonyl (C=O) groups is 1. The topological polar surface area (TPSA) is 76.0 Å². The summed E-state index contributed by atoms with van der Waals surface area (Å²) in [4.78, 5) is 24.2. The Morgan fingerprint density at radius 3 is 2.18 bits per heavy atom. The van der Waals surface area contributed by atoms with Crippen LogP contribution in [-0.4, -0.2) is 26.0 Å². The molecule has 0 saturated carbocycles. The first-order chi connectivity index (χ1) is 10.3. The van der Waals surface area contributed by atoms with Crippen LogP contribution in [0.4, 0.5) is 0 Å². The largest absolute Gasteiger partial charge is 0.478 e. The summed E-state index contributed by atoms with van der Waals surface area (Å²) in [5.41, 5.74) is 2.46. The molecule has 0 unspecified atom stereocenters. The second-order valence-corrected chi connectivity index (χ2v) is 4.32. The Morgan fingerprint density at radius 2 is 1.50 bits per heavy atom. The fraction of sp³-hybridized carbons (Fsp3) is 0. The van der Waals surface area contributed by atoms with E-state index in [0.717, 1.165) is 0 Å². The number of carboxylic acids is 1. The van der Waals surface area contributed by atoms with Crippen molar-refractivity contribution in [3.05, 3.63) is 66.6 Å². The van der Waals surface area contributed by atoms with Gasteiger partial charge >= 0.3 is 5.97 Å². The molecule has 3 aromatic heterocycles. The quantitative estimate of drug-likeness (QED) is 0.710. The molecule has 0 atom stereocenters. The molecule has 0 aromatic carbocycles. The van der Waals surface area contributed by atoms with Crippen molar-refractivity contribution >= 4 is 5.97 Å². The van der Waals surface area contributed by atoms with E-state index in [1.807, 2.05) is 18.2 Å². The van der Waals surface area contributed by atoms with Crippen LogP contribution in [0.25, 0.3) is 22.6 Å². The van der Waals surface area contributed by atoms with Crippen molar-refractivity contribution in [2.45, 2.75) is 0 Å². The van der Waals surface area contributed by atoms with E-state index in [1.165, 1.54) is 6.07 Å². The average molecular weight is 378 g/mol. The van der Waals surface area contributed by atoms with Crippen LogP contribution < -0.4 is 0 Å². The third-order valence-electron chi connectivity index (χ3n) is 3.01. The predicted octanol–water partition coefficient (Wildman–Crippen LogP) is 2.90. The van der Waals surface area contributed by atoms with Crippen molar-refractivity contribution in [1.82, 2.24) is 15.0 Å². The maximum absolute atomic E-state index is 11.4. The zero-order valence-electron chi connectivity index (χ0n) is 11.3. The molecule has 0 radical (unpaired) electrons. The first-order valence-corrected chi connectivity index (χ1v) is 6.32. The van der Waals surface area contributed by atoms with Gasteiger partial charge in [-0.15, -0.1) is 0 Å². The fourth-order valence-electron chi connectivity index (χ4n) is 2.10. The second-order valence-electron chi connectivity index (χ2n) is 4.32. The molecule has 0 fully saturated rings. The minimum atomic E-state index is -1.02. The SMILES string of the molecule is O=C(O)c1cccnc1-c1cccnc1-c1ccccn1.[Ru]. The Bertz CT molecular complexity index is 794. The summed E-state index contributed by atoms with van der Waals surface area (Å²) in [7, 11) is 0. The number of aromatic nitrogens is 3. The van der Waals surface area contributed by atoms with E-state index < -0.39 is 5.97 Å². The molecule has 110 valence electrons. The van der Waals surface area contributed by atoms with Gasteiger partial charge in [-0.05, 0) is 36.4 Å². The first kappa shape index (κ1) is 15.9. The van der Waals surface area contributed by atoms with Gasteiger partial charge in [0, 0.05) is 43.6 Å². The molecule has 0 aliphatic carbocycles. The van der Waals surface area contributed by atoms with E-state index in [-0.39, 0.29) is 25.0 Å². The van der Waals surface area contributed by atoms with Gasteiger partial charge in [0.2, 0.25) is 0 Å². The number of hydrogen-bond acceptors (Lipinski definition) is 4. The van der Waals surface area contributed by atoms with Crippen LogP contribution >= 0.6 is 0 Å². The van der Waals surface area contributed by atoms with E-state index >= 15 is 0 Å². The van der Waals surface area contributed by atoms with Crippen molar-refractivity contribution in [3.8, 4) is 22.6 Å². The summed E-state index contributed by atoms with van der Waals surface area (Å²) >= 11 is 0. The number of nitrogens with zero attached hydrogens (tertiary/aromatic N) is 3. The summed E-state index contributed by atoms with van der Waals surface area (Å²) in [6.45, 7) is 0. The van der Waals surface area contributed by atoms with Crippen LogP contribution in [0.5, 0.6) is 0 Å². The number of aromatic carboxylic acids is 1. The van der Waals surface area contributed by atoms with Crippen LogP contribution in [0.15, 0.2) is 61.1 Å². The minimum Gasteiger partial charge on any atom is -0.478 e. The summed E-state index contributed by atoms with van der Waals surface area (Å²) in [6, 6.07) is 12.2. The molecular formula is C16H11N3O2Ru. The molecule has 0 spiro atoms. The zero-order valence-corrected chi connectivity index (χ0v) is 13.1. The number of carboxylic acid groups (broad SMARTS) is 1. The molecule has 0 bridgehead atoms. The molecule has 1 N–H and O–H groups in total. The van der Waals surface area contributed by atoms with Gasteiger partial charge < -0.3 is 5.11 Å². The molecule has 3 aromatic rings. The van der Waals surface area contributed by atoms with E-state index in [2.05, 4.69) is 15.0 Å². The molecule has 5 nitrogen and oxygen atoms in total. The number of hydrogen-bond donors (Lipinski definition) is 1. The Balaban J connectivity index is 0.00000176. The smallest absolute Gasteiger partial charge is 0.337 e. The second kappa shape index (κ2) is 7.00. The van der Waals surface area contributed by atoms with E-state index in [1.54, 1.807) is 36.8 Å². The van der Waals surface area contributed by atoms with E-state index in [0.29, 0.717) is 22.6 Å². The minimum absolute atomic E-state index is 0. The Morgan fingerprint density at radius 1 is 0.818 bits per heavy atom. The fourth-order valence-corrected chi connectivity index (χ4v) is 2.10. The summed E-state index contributed by atoms with van der Waals surface area (Å²) in [6.07, 6.45) is 4.89. The standard InChI is InChI=1S/C16H11N3O2.Ru/c20-16(21)12-6-4-9-18-14(12)11-5-3-10-19-15(11)13-7-1-2-8-17-13;/h1-10H,(H,20,21);. The molecule has 6 heteroatoms. The van der Waals surface area contributed by atoms with Gasteiger partial charge in [0.1, 0.15) is 0 Å². The first-order valence-electron chi connectivity index (χ1n) is 6.32. The predicted molar refractivity (Wildman–Crippen MR) is 77.7 cm³/mol. The normalized spacial score (nSPS) is 9.82. The van der Waals surface area contributed by atoms with Gasteiger partial charge in [-0.3, -0.25) is 15.0 Å². The van der Waals surface area contributed by atoms with Gasteiger partial charge in [0.25, 0.3) is 0 Å². The summed E-state index contributed by atoms with van der Waals surface area (Å²) in [5, 5.41) is 9.31. The van der Waals surface area contributed by atoms with Crippen LogP contribution in [-0.2, 0) is 19.5 Å². The molecule has 22 heavy (non-hydrogen) atoms. The van der Waals surface area contributed by atoms with Gasteiger partial charge in [0.15, 0.2) is 0 Å². The van der Waals surface area contributed by atoms with Crippen molar-refractivity contribution in [2.24, 2.45) is 0 Å². The van der Waals surface area contributed by atoms with Crippen molar-refractivity contribution in [2.75, 3.05) is 0 Å². The molecule has 0 saturated heterocycles. The Hall–Kier alpha value is -2.46. The molecule has 0 aliphatic rings. The van der Waals surface area contributed by atoms with Gasteiger partial charge in [-0.2, -0.15) is 0 Å². The van der Waals surface area contributed by atoms with Crippen LogP contribution in [0, 0.1) is 0 Å². The van der Waals surface area contributed by atoms with Gasteiger partial charge in [-0.25, -0.2) is 4.79 Å². The van der Waals surface area contributed by atoms with E-state index in [4.69, 9.17) is 0 Å². The van der Waals surface area contributed by atoms with Crippen molar-refractivity contribution in [1.29, 1.82) is 0 Å². The maximum Gasteiger partial charge on any atom is 0.337 e. The molecule has 0 amide bonds. The zero-order chi connectivity index (χ0) is 14.7. The van der Waals surface area contributed by atoms with Crippen molar-refractivity contribution < 1.29 is 29.4 Å². The van der Waals surface area contributed by atoms with Crippen LogP contribution in [0.3, 0.4) is 0 Å². The van der Waals surface area contributed by atoms with Crippen LogP contribution in [0.2, 0.25) is 0 Å². The Labute approximate surface area is 139 Å². The van der Waals surface area contributed by atoms with E-state index in [9.17, 15) is 9.90 Å². The molecule has 3 heterocycles. The third kappa shape index (κ3) is 3.07. The van der Waals surface area contributed by atoms with Crippen molar-refractivity contribution in [3.63, 3.8) is 0 Å².